The van der Waals surface area contributed by atoms with Gasteiger partial charge in [0.15, 0.2) is 5.88 Å². The predicted octanol–water partition coefficient (Wildman–Crippen LogP) is 5.86. The van der Waals surface area contributed by atoms with E-state index in [1.165, 1.54) is 23.3 Å². The van der Waals surface area contributed by atoms with Crippen LogP contribution in [0.4, 0.5) is 13.2 Å². The molecule has 1 heterocycles. The summed E-state index contributed by atoms with van der Waals surface area (Å²) in [5, 5.41) is 16.2. The molecule has 4 aromatic rings. The van der Waals surface area contributed by atoms with Gasteiger partial charge in [0.05, 0.1) is 6.54 Å². The summed E-state index contributed by atoms with van der Waals surface area (Å²) in [7, 11) is 0. The summed E-state index contributed by atoms with van der Waals surface area (Å²) >= 11 is 0. The minimum atomic E-state index is -4.72. The number of ether oxygens (including phenoxy) is 1. The number of benzene rings is 3. The molecule has 2 N–H and O–H groups in total. The van der Waals surface area contributed by atoms with Crippen LogP contribution < -0.4 is 10.1 Å². The number of hydrogen-bond donors (Lipinski definition) is 2. The SMILES string of the molecule is Cc1cc(CNC2Cc3ccccc3C2)cc2cn(Cc3ccc(OC(F)(F)F)cc3)c(O)c12. The van der Waals surface area contributed by atoms with Gasteiger partial charge in [-0.2, -0.15) is 0 Å². The average Bonchev–Trinajstić information content (AvgIpc) is 3.33. The van der Waals surface area contributed by atoms with Gasteiger partial charge in [0, 0.05) is 29.6 Å². The molecule has 0 atom stereocenters. The number of aryl methyl sites for hydroxylation is 1. The molecule has 0 amide bonds. The van der Waals surface area contributed by atoms with E-state index < -0.39 is 6.36 Å². The number of alkyl halides is 3. The van der Waals surface area contributed by atoms with Gasteiger partial charge < -0.3 is 19.7 Å². The van der Waals surface area contributed by atoms with E-state index in [1.54, 1.807) is 16.7 Å². The Morgan fingerprint density at radius 3 is 2.32 bits per heavy atom. The predicted molar refractivity (Wildman–Crippen MR) is 125 cm³/mol. The molecule has 0 radical (unpaired) electrons. The third-order valence-electron chi connectivity index (χ3n) is 6.37. The summed E-state index contributed by atoms with van der Waals surface area (Å²) in [4.78, 5) is 0. The molecular weight excluding hydrogens is 441 g/mol. The molecule has 0 aliphatic heterocycles. The van der Waals surface area contributed by atoms with Crippen LogP contribution in [0.5, 0.6) is 11.6 Å². The Bertz CT molecular complexity index is 1300. The van der Waals surface area contributed by atoms with Crippen molar-refractivity contribution in [3.05, 3.63) is 94.7 Å². The Hall–Kier alpha value is -3.45. The molecule has 5 rings (SSSR count). The molecule has 0 bridgehead atoms. The first-order valence-corrected chi connectivity index (χ1v) is 11.2. The van der Waals surface area contributed by atoms with Gasteiger partial charge in [-0.1, -0.05) is 42.5 Å². The van der Waals surface area contributed by atoms with Gasteiger partial charge in [0.25, 0.3) is 0 Å². The zero-order valence-electron chi connectivity index (χ0n) is 18.7. The Kier molecular flexibility index (Phi) is 5.73. The highest BCUT2D eigenvalue weighted by Crippen LogP contribution is 2.32. The van der Waals surface area contributed by atoms with Crippen molar-refractivity contribution in [1.82, 2.24) is 9.88 Å². The summed E-state index contributed by atoms with van der Waals surface area (Å²) in [6, 6.07) is 18.8. The van der Waals surface area contributed by atoms with E-state index in [0.717, 1.165) is 46.8 Å². The molecule has 176 valence electrons. The molecule has 0 saturated heterocycles. The molecule has 34 heavy (non-hydrogen) atoms. The summed E-state index contributed by atoms with van der Waals surface area (Å²) in [5.74, 6) is -0.120. The van der Waals surface area contributed by atoms with E-state index >= 15 is 0 Å². The third kappa shape index (κ3) is 4.75. The first-order chi connectivity index (χ1) is 16.2. The summed E-state index contributed by atoms with van der Waals surface area (Å²) in [6.07, 6.45) is -0.779. The Labute approximate surface area is 195 Å². The normalized spacial score (nSPS) is 14.0. The molecule has 1 aliphatic carbocycles. The van der Waals surface area contributed by atoms with Gasteiger partial charge in [-0.05, 0) is 65.8 Å². The lowest BCUT2D eigenvalue weighted by Gasteiger charge is -2.13. The average molecular weight is 467 g/mol. The van der Waals surface area contributed by atoms with E-state index in [-0.39, 0.29) is 11.6 Å². The molecule has 7 heteroatoms. The summed E-state index contributed by atoms with van der Waals surface area (Å²) < 4.78 is 42.7. The lowest BCUT2D eigenvalue weighted by Crippen LogP contribution is -2.28. The van der Waals surface area contributed by atoms with E-state index in [2.05, 4.69) is 46.5 Å². The van der Waals surface area contributed by atoms with Crippen LogP contribution in [0.3, 0.4) is 0 Å². The number of halogens is 3. The molecule has 4 nitrogen and oxygen atoms in total. The maximum absolute atomic E-state index is 12.4. The van der Waals surface area contributed by atoms with E-state index in [0.29, 0.717) is 12.6 Å². The van der Waals surface area contributed by atoms with Crippen molar-refractivity contribution in [1.29, 1.82) is 0 Å². The molecule has 3 aromatic carbocycles. The summed E-state index contributed by atoms with van der Waals surface area (Å²) in [6.45, 7) is 3.05. The van der Waals surface area contributed by atoms with E-state index in [4.69, 9.17) is 0 Å². The van der Waals surface area contributed by atoms with Crippen LogP contribution in [-0.4, -0.2) is 22.1 Å². The fourth-order valence-corrected chi connectivity index (χ4v) is 4.85. The molecule has 0 saturated carbocycles. The van der Waals surface area contributed by atoms with Gasteiger partial charge in [-0.3, -0.25) is 0 Å². The molecule has 0 spiro atoms. The van der Waals surface area contributed by atoms with Crippen molar-refractivity contribution in [2.24, 2.45) is 0 Å². The number of aromatic nitrogens is 1. The first-order valence-electron chi connectivity index (χ1n) is 11.2. The van der Waals surface area contributed by atoms with E-state index in [1.807, 2.05) is 13.1 Å². The van der Waals surface area contributed by atoms with Gasteiger partial charge in [-0.25, -0.2) is 0 Å². The number of fused-ring (bicyclic) bond motifs is 2. The topological polar surface area (TPSA) is 46.4 Å². The highest BCUT2D eigenvalue weighted by atomic mass is 19.4. The number of rotatable bonds is 6. The Morgan fingerprint density at radius 2 is 1.68 bits per heavy atom. The van der Waals surface area contributed by atoms with Crippen molar-refractivity contribution in [3.63, 3.8) is 0 Å². The largest absolute Gasteiger partial charge is 0.573 e. The molecular formula is C27H25F3N2O2. The monoisotopic (exact) mass is 466 g/mol. The highest BCUT2D eigenvalue weighted by molar-refractivity contribution is 5.91. The third-order valence-corrected chi connectivity index (χ3v) is 6.37. The standard InChI is InChI=1S/C27H25F3N2O2/c1-17-10-19(14-31-23-12-20-4-2-3-5-21(20)13-23)11-22-16-32(26(33)25(17)22)15-18-6-8-24(9-7-18)34-27(28,29)30/h2-11,16,23,31,33H,12-15H2,1H3. The second-order valence-electron chi connectivity index (χ2n) is 8.90. The van der Waals surface area contributed by atoms with Crippen molar-refractivity contribution in [3.8, 4) is 11.6 Å². The van der Waals surface area contributed by atoms with Crippen molar-refractivity contribution >= 4 is 10.8 Å². The van der Waals surface area contributed by atoms with Crippen molar-refractivity contribution < 1.29 is 23.0 Å². The van der Waals surface area contributed by atoms with Gasteiger partial charge in [0.2, 0.25) is 0 Å². The van der Waals surface area contributed by atoms with Crippen LogP contribution in [0.15, 0.2) is 66.9 Å². The first kappa shape index (κ1) is 22.3. The minimum Gasteiger partial charge on any atom is -0.494 e. The van der Waals surface area contributed by atoms with Crippen LogP contribution in [0.25, 0.3) is 10.8 Å². The smallest absolute Gasteiger partial charge is 0.494 e. The lowest BCUT2D eigenvalue weighted by atomic mass is 10.0. The van der Waals surface area contributed by atoms with Crippen molar-refractivity contribution in [2.45, 2.75) is 45.3 Å². The molecule has 1 aliphatic rings. The fourth-order valence-electron chi connectivity index (χ4n) is 4.85. The number of nitrogens with one attached hydrogen (secondary N) is 1. The van der Waals surface area contributed by atoms with Gasteiger partial charge >= 0.3 is 6.36 Å². The molecule has 1 aromatic heterocycles. The Balaban J connectivity index is 1.29. The highest BCUT2D eigenvalue weighted by Gasteiger charge is 2.31. The maximum Gasteiger partial charge on any atom is 0.573 e. The van der Waals surface area contributed by atoms with Crippen LogP contribution in [0, 0.1) is 6.92 Å². The van der Waals surface area contributed by atoms with E-state index in [9.17, 15) is 18.3 Å². The second kappa shape index (κ2) is 8.72. The zero-order valence-corrected chi connectivity index (χ0v) is 18.7. The van der Waals surface area contributed by atoms with Crippen LogP contribution in [0.1, 0.15) is 27.8 Å². The zero-order chi connectivity index (χ0) is 23.9. The fraction of sp³-hybridized carbons (Fsp3) is 0.259. The second-order valence-corrected chi connectivity index (χ2v) is 8.90. The molecule has 0 fully saturated rings. The number of hydrogen-bond acceptors (Lipinski definition) is 3. The minimum absolute atomic E-state index is 0.147. The van der Waals surface area contributed by atoms with Crippen molar-refractivity contribution in [2.75, 3.05) is 0 Å². The quantitative estimate of drug-likeness (QED) is 0.374. The van der Waals surface area contributed by atoms with Crippen LogP contribution in [-0.2, 0) is 25.9 Å². The van der Waals surface area contributed by atoms with Crippen LogP contribution in [0.2, 0.25) is 0 Å². The summed E-state index contributed by atoms with van der Waals surface area (Å²) in [5.41, 5.74) is 5.70. The van der Waals surface area contributed by atoms with Crippen LogP contribution >= 0.6 is 0 Å². The maximum atomic E-state index is 12.4. The van der Waals surface area contributed by atoms with Gasteiger partial charge in [0.1, 0.15) is 5.75 Å². The number of nitrogens with zero attached hydrogens (tertiary/aromatic N) is 1. The Morgan fingerprint density at radius 1 is 1.00 bits per heavy atom. The van der Waals surface area contributed by atoms with Gasteiger partial charge in [-0.15, -0.1) is 13.2 Å². The number of aromatic hydroxyl groups is 1. The lowest BCUT2D eigenvalue weighted by molar-refractivity contribution is -0.274. The molecule has 0 unspecified atom stereocenters.